The van der Waals surface area contributed by atoms with Crippen molar-refractivity contribution in [3.8, 4) is 0 Å². The van der Waals surface area contributed by atoms with E-state index in [1.54, 1.807) is 44.9 Å². The standard InChI is InChI=1S/C34H63N/c35-33(29-19-9-5-10-20-29)27-17-3-1-2-4-18-28-34(30-21-11-6-12-22-30,31-23-13-7-14-24-31)32-25-15-8-16-26-32/h29-33H,1-28,35H2. The summed E-state index contributed by atoms with van der Waals surface area (Å²) in [6.45, 7) is 0. The van der Waals surface area contributed by atoms with Gasteiger partial charge in [0.2, 0.25) is 0 Å². The van der Waals surface area contributed by atoms with Crippen molar-refractivity contribution in [2.45, 2.75) is 186 Å². The van der Waals surface area contributed by atoms with E-state index in [2.05, 4.69) is 0 Å². The zero-order valence-corrected chi connectivity index (χ0v) is 23.8. The molecule has 4 aliphatic carbocycles. The molecule has 4 saturated carbocycles. The van der Waals surface area contributed by atoms with E-state index in [1.807, 2.05) is 0 Å². The first kappa shape index (κ1) is 28.0. The van der Waals surface area contributed by atoms with Crippen molar-refractivity contribution in [1.82, 2.24) is 0 Å². The molecule has 0 aromatic heterocycles. The van der Waals surface area contributed by atoms with E-state index in [1.165, 1.54) is 135 Å². The van der Waals surface area contributed by atoms with Crippen LogP contribution in [0, 0.1) is 29.1 Å². The van der Waals surface area contributed by atoms with Gasteiger partial charge in [0.25, 0.3) is 0 Å². The average molecular weight is 486 g/mol. The molecule has 0 aromatic carbocycles. The van der Waals surface area contributed by atoms with E-state index in [-0.39, 0.29) is 0 Å². The third-order valence-electron chi connectivity index (χ3n) is 11.7. The molecule has 0 spiro atoms. The zero-order valence-electron chi connectivity index (χ0n) is 23.8. The zero-order chi connectivity index (χ0) is 24.2. The lowest BCUT2D eigenvalue weighted by molar-refractivity contribution is -0.0571. The first-order chi connectivity index (χ1) is 17.3. The quantitative estimate of drug-likeness (QED) is 0.258. The molecule has 0 bridgehead atoms. The Morgan fingerprint density at radius 2 is 0.829 bits per heavy atom. The van der Waals surface area contributed by atoms with Crippen molar-refractivity contribution >= 4 is 0 Å². The summed E-state index contributed by atoms with van der Waals surface area (Å²) in [4.78, 5) is 0. The van der Waals surface area contributed by atoms with Crippen LogP contribution in [0.4, 0.5) is 0 Å². The lowest BCUT2D eigenvalue weighted by atomic mass is 9.50. The van der Waals surface area contributed by atoms with E-state index in [4.69, 9.17) is 5.73 Å². The topological polar surface area (TPSA) is 26.0 Å². The molecule has 1 nitrogen and oxygen atoms in total. The van der Waals surface area contributed by atoms with Gasteiger partial charge < -0.3 is 5.73 Å². The highest BCUT2D eigenvalue weighted by atomic mass is 14.6. The van der Waals surface area contributed by atoms with Gasteiger partial charge >= 0.3 is 0 Å². The average Bonchev–Trinajstić information content (AvgIpc) is 2.94. The van der Waals surface area contributed by atoms with Gasteiger partial charge in [-0.15, -0.1) is 0 Å². The van der Waals surface area contributed by atoms with Crippen LogP contribution in [0.2, 0.25) is 0 Å². The van der Waals surface area contributed by atoms with Gasteiger partial charge in [0, 0.05) is 6.04 Å². The predicted octanol–water partition coefficient (Wildman–Crippen LogP) is 10.7. The molecular formula is C34H63N. The van der Waals surface area contributed by atoms with Crippen molar-refractivity contribution in [2.24, 2.45) is 34.8 Å². The molecule has 0 radical (unpaired) electrons. The molecule has 0 heterocycles. The second-order valence-corrected chi connectivity index (χ2v) is 13.8. The van der Waals surface area contributed by atoms with Gasteiger partial charge in [-0.05, 0) is 93.3 Å². The molecule has 1 unspecified atom stereocenters. The van der Waals surface area contributed by atoms with Crippen LogP contribution in [0.15, 0.2) is 0 Å². The van der Waals surface area contributed by atoms with Crippen LogP contribution in [0.25, 0.3) is 0 Å². The molecule has 204 valence electrons. The molecule has 35 heavy (non-hydrogen) atoms. The van der Waals surface area contributed by atoms with Gasteiger partial charge in [-0.2, -0.15) is 0 Å². The van der Waals surface area contributed by atoms with Crippen LogP contribution >= 0.6 is 0 Å². The highest BCUT2D eigenvalue weighted by Gasteiger charge is 2.49. The Labute approximate surface area is 220 Å². The van der Waals surface area contributed by atoms with Crippen molar-refractivity contribution < 1.29 is 0 Å². The molecule has 4 fully saturated rings. The maximum Gasteiger partial charge on any atom is 0.00671 e. The normalized spacial score (nSPS) is 25.6. The molecule has 4 rings (SSSR count). The summed E-state index contributed by atoms with van der Waals surface area (Å²) in [5.74, 6) is 4.06. The van der Waals surface area contributed by atoms with Crippen LogP contribution < -0.4 is 5.73 Å². The minimum Gasteiger partial charge on any atom is -0.327 e. The minimum absolute atomic E-state index is 0.498. The molecule has 2 N–H and O–H groups in total. The minimum atomic E-state index is 0.498. The molecule has 0 aromatic rings. The molecular weight excluding hydrogens is 422 g/mol. The molecule has 1 heteroatoms. The van der Waals surface area contributed by atoms with Crippen LogP contribution in [-0.4, -0.2) is 6.04 Å². The van der Waals surface area contributed by atoms with Gasteiger partial charge in [-0.1, -0.05) is 116 Å². The maximum absolute atomic E-state index is 6.57. The van der Waals surface area contributed by atoms with Gasteiger partial charge in [0.05, 0.1) is 0 Å². The first-order valence-corrected chi connectivity index (χ1v) is 17.1. The second kappa shape index (κ2) is 15.4. The highest BCUT2D eigenvalue weighted by molar-refractivity contribution is 4.99. The summed E-state index contributed by atoms with van der Waals surface area (Å²) in [6.07, 6.45) is 42.1. The van der Waals surface area contributed by atoms with Crippen LogP contribution in [0.1, 0.15) is 180 Å². The first-order valence-electron chi connectivity index (χ1n) is 17.1. The summed E-state index contributed by atoms with van der Waals surface area (Å²) in [7, 11) is 0. The van der Waals surface area contributed by atoms with Crippen LogP contribution in [0.5, 0.6) is 0 Å². The summed E-state index contributed by atoms with van der Waals surface area (Å²) in [5.41, 5.74) is 7.30. The van der Waals surface area contributed by atoms with E-state index in [0.29, 0.717) is 6.04 Å². The monoisotopic (exact) mass is 485 g/mol. The predicted molar refractivity (Wildman–Crippen MR) is 154 cm³/mol. The Hall–Kier alpha value is -0.0400. The summed E-state index contributed by atoms with van der Waals surface area (Å²) >= 11 is 0. The molecule has 0 saturated heterocycles. The van der Waals surface area contributed by atoms with Crippen molar-refractivity contribution in [1.29, 1.82) is 0 Å². The highest BCUT2D eigenvalue weighted by Crippen LogP contribution is 2.59. The summed E-state index contributed by atoms with van der Waals surface area (Å²) in [6, 6.07) is 0.498. The largest absolute Gasteiger partial charge is 0.327 e. The van der Waals surface area contributed by atoms with Gasteiger partial charge in [-0.3, -0.25) is 0 Å². The molecule has 4 aliphatic rings. The van der Waals surface area contributed by atoms with Gasteiger partial charge in [-0.25, -0.2) is 0 Å². The van der Waals surface area contributed by atoms with Gasteiger partial charge in [0.15, 0.2) is 0 Å². The molecule has 0 amide bonds. The lowest BCUT2D eigenvalue weighted by Crippen LogP contribution is -2.47. The van der Waals surface area contributed by atoms with Crippen molar-refractivity contribution in [3.05, 3.63) is 0 Å². The Balaban J connectivity index is 1.25. The Bertz CT molecular complexity index is 485. The summed E-state index contributed by atoms with van der Waals surface area (Å²) in [5, 5.41) is 0. The van der Waals surface area contributed by atoms with E-state index < -0.39 is 0 Å². The molecule has 1 atom stereocenters. The fourth-order valence-corrected chi connectivity index (χ4v) is 9.85. The van der Waals surface area contributed by atoms with E-state index in [9.17, 15) is 0 Å². The Morgan fingerprint density at radius 1 is 0.457 bits per heavy atom. The third-order valence-corrected chi connectivity index (χ3v) is 11.7. The number of hydrogen-bond donors (Lipinski definition) is 1. The number of rotatable bonds is 13. The van der Waals surface area contributed by atoms with Crippen molar-refractivity contribution in [2.75, 3.05) is 0 Å². The van der Waals surface area contributed by atoms with Crippen LogP contribution in [-0.2, 0) is 0 Å². The fourth-order valence-electron chi connectivity index (χ4n) is 9.85. The van der Waals surface area contributed by atoms with Crippen molar-refractivity contribution in [3.63, 3.8) is 0 Å². The maximum atomic E-state index is 6.57. The van der Waals surface area contributed by atoms with Crippen LogP contribution in [0.3, 0.4) is 0 Å². The summed E-state index contributed by atoms with van der Waals surface area (Å²) < 4.78 is 0. The Kier molecular flexibility index (Phi) is 12.3. The third kappa shape index (κ3) is 7.97. The SMILES string of the molecule is NC(CCCCCCCCC(C1CCCCC1)(C1CCCCC1)C1CCCCC1)C1CCCCC1. The van der Waals surface area contributed by atoms with E-state index >= 15 is 0 Å². The molecule has 0 aliphatic heterocycles. The Morgan fingerprint density at radius 3 is 1.29 bits per heavy atom. The van der Waals surface area contributed by atoms with Gasteiger partial charge in [0.1, 0.15) is 0 Å². The fraction of sp³-hybridized carbons (Fsp3) is 1.00. The number of nitrogens with two attached hydrogens (primary N) is 1. The second-order valence-electron chi connectivity index (χ2n) is 13.8. The van der Waals surface area contributed by atoms with E-state index in [0.717, 1.165) is 29.1 Å². The smallest absolute Gasteiger partial charge is 0.00671 e. The lowest BCUT2D eigenvalue weighted by Gasteiger charge is -2.55. The number of unbranched alkanes of at least 4 members (excludes halogenated alkanes) is 5. The number of hydrogen-bond acceptors (Lipinski definition) is 1.